The van der Waals surface area contributed by atoms with E-state index in [-0.39, 0.29) is 35.1 Å². The summed E-state index contributed by atoms with van der Waals surface area (Å²) in [7, 11) is 0. The minimum Gasteiger partial charge on any atom is -0.488 e. The number of halogens is 1. The van der Waals surface area contributed by atoms with Crippen molar-refractivity contribution in [1.29, 1.82) is 0 Å². The number of aliphatic imine (C=N–C) groups is 1. The summed E-state index contributed by atoms with van der Waals surface area (Å²) in [5, 5.41) is 3.14. The van der Waals surface area contributed by atoms with Crippen molar-refractivity contribution in [2.24, 2.45) is 10.7 Å². The number of guanidine groups is 1. The van der Waals surface area contributed by atoms with Crippen molar-refractivity contribution in [2.45, 2.75) is 59.2 Å². The molecule has 0 heterocycles. The number of nitrogens with zero attached hydrogens (tertiary/aromatic N) is 1. The van der Waals surface area contributed by atoms with Gasteiger partial charge in [0.2, 0.25) is 0 Å². The topological polar surface area (TPSA) is 59.6 Å². The summed E-state index contributed by atoms with van der Waals surface area (Å²) in [5.74, 6) is 1.30. The van der Waals surface area contributed by atoms with E-state index in [0.717, 1.165) is 11.3 Å². The summed E-state index contributed by atoms with van der Waals surface area (Å²) < 4.78 is 5.94. The van der Waals surface area contributed by atoms with Crippen LogP contribution in [0.15, 0.2) is 29.3 Å². The smallest absolute Gasteiger partial charge is 0.189 e. The molecule has 0 aromatic heterocycles. The Balaban J connectivity index is 0.00000400. The lowest BCUT2D eigenvalue weighted by atomic mass is 10.1. The lowest BCUT2D eigenvalue weighted by Crippen LogP contribution is -2.44. The monoisotopic (exact) mass is 405 g/mol. The number of hydrogen-bond acceptors (Lipinski definition) is 2. The first-order chi connectivity index (χ1) is 9.07. The van der Waals surface area contributed by atoms with E-state index in [1.165, 1.54) is 0 Å². The second-order valence-corrected chi connectivity index (χ2v) is 6.90. The minimum absolute atomic E-state index is 0. The summed E-state index contributed by atoms with van der Waals surface area (Å²) >= 11 is 0. The van der Waals surface area contributed by atoms with Gasteiger partial charge in [0.05, 0.1) is 6.54 Å². The summed E-state index contributed by atoms with van der Waals surface area (Å²) in [4.78, 5) is 4.37. The Hall–Kier alpha value is -0.980. The number of hydrogen-bond donors (Lipinski definition) is 2. The fourth-order valence-electron chi connectivity index (χ4n) is 1.66. The third-order valence-corrected chi connectivity index (χ3v) is 2.31. The third kappa shape index (κ3) is 8.80. The van der Waals surface area contributed by atoms with E-state index in [9.17, 15) is 0 Å². The van der Waals surface area contributed by atoms with Crippen LogP contribution in [-0.4, -0.2) is 17.1 Å². The fraction of sp³-hybridized carbons (Fsp3) is 0.562. The molecule has 1 aromatic rings. The highest BCUT2D eigenvalue weighted by atomic mass is 127. The van der Waals surface area contributed by atoms with Gasteiger partial charge in [0.15, 0.2) is 5.96 Å². The molecular formula is C16H28IN3O. The summed E-state index contributed by atoms with van der Waals surface area (Å²) in [6, 6.07) is 7.91. The number of nitrogens with one attached hydrogen (secondary N) is 1. The fourth-order valence-corrected chi connectivity index (χ4v) is 1.66. The Labute approximate surface area is 145 Å². The first-order valence-corrected chi connectivity index (χ1v) is 6.92. The number of ether oxygens (including phenoxy) is 1. The zero-order valence-corrected chi connectivity index (χ0v) is 16.2. The van der Waals surface area contributed by atoms with Gasteiger partial charge in [0, 0.05) is 11.1 Å². The Bertz CT molecular complexity index is 473. The molecule has 0 saturated carbocycles. The molecule has 5 heteroatoms. The van der Waals surface area contributed by atoms with Gasteiger partial charge in [-0.1, -0.05) is 18.2 Å². The Kier molecular flexibility index (Phi) is 7.50. The molecule has 4 nitrogen and oxygen atoms in total. The molecule has 0 atom stereocenters. The molecule has 120 valence electrons. The van der Waals surface area contributed by atoms with Crippen LogP contribution in [0.3, 0.4) is 0 Å². The first kappa shape index (κ1) is 20.0. The largest absolute Gasteiger partial charge is 0.488 e. The quantitative estimate of drug-likeness (QED) is 0.458. The molecule has 0 aliphatic carbocycles. The normalized spacial score (nSPS) is 12.6. The number of para-hydroxylation sites is 1. The molecule has 0 saturated heterocycles. The number of nitrogens with two attached hydrogens (primary N) is 1. The molecule has 0 bridgehead atoms. The van der Waals surface area contributed by atoms with E-state index >= 15 is 0 Å². The molecule has 1 rings (SSSR count). The first-order valence-electron chi connectivity index (χ1n) is 6.92. The van der Waals surface area contributed by atoms with Gasteiger partial charge in [0.25, 0.3) is 0 Å². The average Bonchev–Trinajstić information content (AvgIpc) is 2.23. The van der Waals surface area contributed by atoms with E-state index in [1.807, 2.05) is 65.8 Å². The van der Waals surface area contributed by atoms with Crippen LogP contribution >= 0.6 is 24.0 Å². The minimum atomic E-state index is -0.227. The van der Waals surface area contributed by atoms with Gasteiger partial charge >= 0.3 is 0 Å². The van der Waals surface area contributed by atoms with E-state index in [4.69, 9.17) is 10.5 Å². The molecule has 0 aliphatic heterocycles. The average molecular weight is 405 g/mol. The lowest BCUT2D eigenvalue weighted by Gasteiger charge is -2.23. The Morgan fingerprint density at radius 1 is 1.14 bits per heavy atom. The van der Waals surface area contributed by atoms with Crippen molar-refractivity contribution in [3.8, 4) is 5.75 Å². The molecule has 0 fully saturated rings. The molecule has 0 amide bonds. The van der Waals surface area contributed by atoms with Gasteiger partial charge in [0.1, 0.15) is 11.4 Å². The maximum atomic E-state index is 5.94. The van der Waals surface area contributed by atoms with Gasteiger partial charge in [-0.25, -0.2) is 4.99 Å². The van der Waals surface area contributed by atoms with Gasteiger partial charge < -0.3 is 15.8 Å². The Morgan fingerprint density at radius 2 is 1.71 bits per heavy atom. The van der Waals surface area contributed by atoms with Gasteiger partial charge in [-0.05, 0) is 47.6 Å². The van der Waals surface area contributed by atoms with E-state index in [0.29, 0.717) is 12.5 Å². The van der Waals surface area contributed by atoms with Gasteiger partial charge in [-0.3, -0.25) is 0 Å². The standard InChI is InChI=1S/C16H27N3O.HI/c1-15(2,3)19-14(17)18-11-12-9-7-8-10-13(12)20-16(4,5)6;/h7-10H,11H2,1-6H3,(H3,17,18,19);1H. The lowest BCUT2D eigenvalue weighted by molar-refractivity contribution is 0.129. The number of rotatable bonds is 3. The van der Waals surface area contributed by atoms with Crippen LogP contribution in [-0.2, 0) is 6.54 Å². The van der Waals surface area contributed by atoms with Crippen LogP contribution in [0.1, 0.15) is 47.1 Å². The van der Waals surface area contributed by atoms with E-state index in [2.05, 4.69) is 10.3 Å². The van der Waals surface area contributed by atoms with Crippen molar-refractivity contribution in [3.63, 3.8) is 0 Å². The molecule has 21 heavy (non-hydrogen) atoms. The predicted octanol–water partition coefficient (Wildman–Crippen LogP) is 3.68. The second kappa shape index (κ2) is 7.87. The van der Waals surface area contributed by atoms with Crippen LogP contribution in [0.2, 0.25) is 0 Å². The molecule has 3 N–H and O–H groups in total. The van der Waals surface area contributed by atoms with Crippen molar-refractivity contribution in [2.75, 3.05) is 0 Å². The van der Waals surface area contributed by atoms with Crippen molar-refractivity contribution in [1.82, 2.24) is 5.32 Å². The zero-order chi connectivity index (χ0) is 15.4. The van der Waals surface area contributed by atoms with Crippen LogP contribution in [0.5, 0.6) is 5.75 Å². The highest BCUT2D eigenvalue weighted by molar-refractivity contribution is 14.0. The molecule has 0 unspecified atom stereocenters. The molecule has 0 aliphatic rings. The van der Waals surface area contributed by atoms with E-state index in [1.54, 1.807) is 0 Å². The second-order valence-electron chi connectivity index (χ2n) is 6.90. The molecule has 1 aromatic carbocycles. The van der Waals surface area contributed by atoms with E-state index < -0.39 is 0 Å². The van der Waals surface area contributed by atoms with Crippen LogP contribution < -0.4 is 15.8 Å². The summed E-state index contributed by atoms with van der Waals surface area (Å²) in [6.45, 7) is 12.7. The highest BCUT2D eigenvalue weighted by Crippen LogP contribution is 2.23. The third-order valence-electron chi connectivity index (χ3n) is 2.31. The molecule has 0 radical (unpaired) electrons. The maximum Gasteiger partial charge on any atom is 0.189 e. The highest BCUT2D eigenvalue weighted by Gasteiger charge is 2.14. The van der Waals surface area contributed by atoms with Crippen molar-refractivity contribution in [3.05, 3.63) is 29.8 Å². The van der Waals surface area contributed by atoms with Gasteiger partial charge in [-0.15, -0.1) is 24.0 Å². The molecular weight excluding hydrogens is 377 g/mol. The zero-order valence-electron chi connectivity index (χ0n) is 13.9. The summed E-state index contributed by atoms with van der Waals surface area (Å²) in [6.07, 6.45) is 0. The predicted molar refractivity (Wildman–Crippen MR) is 100 cm³/mol. The van der Waals surface area contributed by atoms with Crippen LogP contribution in [0.25, 0.3) is 0 Å². The van der Waals surface area contributed by atoms with Crippen molar-refractivity contribution >= 4 is 29.9 Å². The summed E-state index contributed by atoms with van der Waals surface area (Å²) in [5.41, 5.74) is 6.60. The molecule has 0 spiro atoms. The van der Waals surface area contributed by atoms with Gasteiger partial charge in [-0.2, -0.15) is 0 Å². The van der Waals surface area contributed by atoms with Crippen LogP contribution in [0, 0.1) is 0 Å². The Morgan fingerprint density at radius 3 is 2.24 bits per heavy atom. The maximum absolute atomic E-state index is 5.94. The van der Waals surface area contributed by atoms with Crippen LogP contribution in [0.4, 0.5) is 0 Å². The SMILES string of the molecule is CC(C)(C)NC(N)=NCc1ccccc1OC(C)(C)C.I. The van der Waals surface area contributed by atoms with Crippen molar-refractivity contribution < 1.29 is 4.74 Å². The number of benzene rings is 1.